The van der Waals surface area contributed by atoms with Crippen LogP contribution in [0.5, 0.6) is 11.8 Å². The Hall–Kier alpha value is -7.21. The third-order valence-electron chi connectivity index (χ3n) is 11.0. The molecule has 71 heavy (non-hydrogen) atoms. The number of aryl methyl sites for hydroxylation is 3. The zero-order valence-corrected chi connectivity index (χ0v) is 38.9. The van der Waals surface area contributed by atoms with Crippen molar-refractivity contribution in [2.24, 2.45) is 0 Å². The lowest BCUT2D eigenvalue weighted by Gasteiger charge is -2.28. The molecule has 2 aliphatic heterocycles. The molecule has 2 aromatic carbocycles. The van der Waals surface area contributed by atoms with Crippen LogP contribution in [-0.2, 0) is 22.4 Å². The number of aromatic nitrogens is 6. The van der Waals surface area contributed by atoms with Crippen LogP contribution in [-0.4, -0.2) is 76.8 Å². The van der Waals surface area contributed by atoms with E-state index >= 15 is 0 Å². The first-order valence-corrected chi connectivity index (χ1v) is 21.7. The zero-order chi connectivity index (χ0) is 52.0. The molecule has 0 fully saturated rings. The maximum Gasteiger partial charge on any atom is 0.430 e. The number of nitrogen functional groups attached to an aromatic ring is 1. The Morgan fingerprint density at radius 3 is 1.89 bits per heavy atom. The third kappa shape index (κ3) is 10.6. The summed E-state index contributed by atoms with van der Waals surface area (Å²) in [7, 11) is 0. The fourth-order valence-corrected chi connectivity index (χ4v) is 7.41. The molecule has 0 aliphatic carbocycles. The molecule has 4 atom stereocenters. The Balaban J connectivity index is 0.000000213. The number of benzene rings is 2. The van der Waals surface area contributed by atoms with Crippen molar-refractivity contribution in [1.29, 1.82) is 0 Å². The number of rotatable bonds is 1. The predicted octanol–water partition coefficient (Wildman–Crippen LogP) is 9.97. The number of carbonyl (C=O) groups is 1. The van der Waals surface area contributed by atoms with E-state index in [4.69, 9.17) is 28.8 Å². The summed E-state index contributed by atoms with van der Waals surface area (Å²) in [4.78, 5) is 21.1. The lowest BCUT2D eigenvalue weighted by atomic mass is 9.90. The fraction of sp³-hybridized carbons (Fsp3) is 0.383. The van der Waals surface area contributed by atoms with Gasteiger partial charge in [-0.3, -0.25) is 5.32 Å². The molecule has 24 heteroatoms. The van der Waals surface area contributed by atoms with Crippen LogP contribution < -0.4 is 20.5 Å². The quantitative estimate of drug-likeness (QED) is 0.112. The molecule has 6 heterocycles. The second kappa shape index (κ2) is 19.2. The number of hydrogen-bond donors (Lipinski definition) is 4. The van der Waals surface area contributed by atoms with Crippen LogP contribution in [0.15, 0.2) is 63.4 Å². The van der Waals surface area contributed by atoms with Crippen molar-refractivity contribution in [2.75, 3.05) is 11.1 Å². The van der Waals surface area contributed by atoms with Gasteiger partial charge in [-0.05, 0) is 115 Å². The number of aliphatic hydroxyl groups is 2. The van der Waals surface area contributed by atoms with Gasteiger partial charge in [0.15, 0.2) is 11.4 Å². The van der Waals surface area contributed by atoms with Gasteiger partial charge < -0.3 is 39.0 Å². The van der Waals surface area contributed by atoms with Crippen LogP contribution >= 0.6 is 0 Å². The van der Waals surface area contributed by atoms with Crippen LogP contribution in [0.3, 0.4) is 0 Å². The maximum absolute atomic E-state index is 14.8. The summed E-state index contributed by atoms with van der Waals surface area (Å²) in [6.07, 6.45) is -7.57. The largest absolute Gasteiger partial charge is 0.474 e. The fourth-order valence-electron chi connectivity index (χ4n) is 7.41. The molecule has 0 saturated heterocycles. The van der Waals surface area contributed by atoms with Crippen LogP contribution in [0.1, 0.15) is 99.0 Å². The van der Waals surface area contributed by atoms with Crippen LogP contribution in [0.2, 0.25) is 0 Å². The average molecular weight is 1000 g/mol. The lowest BCUT2D eigenvalue weighted by molar-refractivity contribution is -0.256. The van der Waals surface area contributed by atoms with Crippen molar-refractivity contribution in [1.82, 2.24) is 30.4 Å². The molecule has 4 aromatic heterocycles. The normalized spacial score (nSPS) is 20.4. The summed E-state index contributed by atoms with van der Waals surface area (Å²) >= 11 is 0. The number of hydrogen-bond acceptors (Lipinski definition) is 15. The van der Waals surface area contributed by atoms with Gasteiger partial charge in [-0.2, -0.15) is 26.3 Å². The number of nitrogens with zero attached hydrogens (tertiary/aromatic N) is 6. The van der Waals surface area contributed by atoms with E-state index in [2.05, 4.69) is 35.7 Å². The zero-order valence-electron chi connectivity index (χ0n) is 38.9. The molecule has 6 aromatic rings. The smallest absolute Gasteiger partial charge is 0.430 e. The number of anilines is 2. The molecular weight excluding hydrogens is 957 g/mol. The van der Waals surface area contributed by atoms with E-state index in [1.165, 1.54) is 30.3 Å². The standard InChI is InChI=1S/C26H26F4N4O5.C21H20F4N4O3/c1-13-11-18(31-23(35)39-24(3,4)5)19-21-33-34-22(38-21)25(36,26(28,29)30)16-12-15(9-10-17(16)27)8-6-7-14(2)37-20(13)32-19;1-10-8-15(26)16-18-28-29-19(32-18)20(30,21(23,24)25)13-9-12(6-7-14(13)22)5-3-4-11(2)31-17(10)27-16/h6,8-12,14,36H,7H2,1-5H3,(H,31,35);6-9,11,30H,3-5,26H2,1-2H3/t14-,25?;11-,20?/m11/s1. The molecule has 0 saturated carbocycles. The van der Waals surface area contributed by atoms with Gasteiger partial charge in [-0.15, -0.1) is 20.4 Å². The number of ether oxygens (including phenoxy) is 3. The minimum atomic E-state index is -5.46. The van der Waals surface area contributed by atoms with E-state index in [9.17, 15) is 50.1 Å². The summed E-state index contributed by atoms with van der Waals surface area (Å²) in [5, 5.41) is 38.2. The van der Waals surface area contributed by atoms with Crippen LogP contribution in [0.4, 0.5) is 51.3 Å². The second-order valence-electron chi connectivity index (χ2n) is 17.9. The second-order valence-corrected chi connectivity index (χ2v) is 17.9. The first-order chi connectivity index (χ1) is 33.1. The number of nitrogens with two attached hydrogens (primary N) is 1. The number of pyridine rings is 2. The molecule has 2 aliphatic rings. The van der Waals surface area contributed by atoms with Crippen LogP contribution in [0, 0.1) is 25.5 Å². The Morgan fingerprint density at radius 2 is 1.30 bits per heavy atom. The molecule has 0 spiro atoms. The first-order valence-electron chi connectivity index (χ1n) is 21.7. The molecule has 8 rings (SSSR count). The number of carbonyl (C=O) groups excluding carboxylic acids is 1. The van der Waals surface area contributed by atoms with Gasteiger partial charge in [0.05, 0.1) is 17.5 Å². The molecule has 2 unspecified atom stereocenters. The van der Waals surface area contributed by atoms with Crippen molar-refractivity contribution in [2.45, 2.75) is 116 Å². The minimum Gasteiger partial charge on any atom is -0.474 e. The van der Waals surface area contributed by atoms with Crippen LogP contribution in [0.25, 0.3) is 29.2 Å². The van der Waals surface area contributed by atoms with E-state index < -0.39 is 87.7 Å². The Labute approximate surface area is 399 Å². The van der Waals surface area contributed by atoms with Crippen molar-refractivity contribution >= 4 is 23.5 Å². The van der Waals surface area contributed by atoms with Gasteiger partial charge in [-0.1, -0.05) is 24.3 Å². The van der Waals surface area contributed by atoms with Crippen molar-refractivity contribution < 1.29 is 73.2 Å². The summed E-state index contributed by atoms with van der Waals surface area (Å²) in [6.45, 7) is 11.9. The molecule has 1 amide bonds. The van der Waals surface area contributed by atoms with Gasteiger partial charge in [0.2, 0.25) is 11.8 Å². The monoisotopic (exact) mass is 1000 g/mol. The van der Waals surface area contributed by atoms with Gasteiger partial charge >= 0.3 is 18.4 Å². The number of halogens is 8. The Kier molecular flexibility index (Phi) is 14.0. The number of nitrogens with one attached hydrogen (secondary N) is 1. The summed E-state index contributed by atoms with van der Waals surface area (Å²) in [6, 6.07) is 9.10. The third-order valence-corrected chi connectivity index (χ3v) is 11.0. The topological polar surface area (TPSA) is 227 Å². The lowest BCUT2D eigenvalue weighted by Crippen LogP contribution is -2.44. The summed E-state index contributed by atoms with van der Waals surface area (Å²) in [5.41, 5.74) is -3.56. The van der Waals surface area contributed by atoms with E-state index in [1.807, 2.05) is 6.92 Å². The molecule has 12 bridgehead atoms. The van der Waals surface area contributed by atoms with Gasteiger partial charge in [0.25, 0.3) is 34.8 Å². The first kappa shape index (κ1) is 51.6. The molecule has 16 nitrogen and oxygen atoms in total. The molecule has 0 radical (unpaired) electrons. The number of amides is 1. The average Bonchev–Trinajstić information content (AvgIpc) is 3.96. The number of alkyl halides is 6. The summed E-state index contributed by atoms with van der Waals surface area (Å²) in [5.74, 6) is -5.95. The Morgan fingerprint density at radius 1 is 0.761 bits per heavy atom. The molecule has 5 N–H and O–H groups in total. The SMILES string of the molecule is Cc1cc(N)c2nc1O[C@H](C)CCCc1ccc(F)c(c1)C(O)(C(F)(F)F)c1nnc-2o1.Cc1cc(NC(=O)OC(C)(C)C)c2nc1O[C@H](C)CC=Cc1ccc(F)c(c1)C(O)(C(F)(F)F)c1nnc-2o1. The number of fused-ring (bicyclic) bond motifs is 14. The van der Waals surface area contributed by atoms with Gasteiger partial charge in [0.1, 0.15) is 23.3 Å². The van der Waals surface area contributed by atoms with Crippen molar-refractivity contribution in [3.63, 3.8) is 0 Å². The molecule has 378 valence electrons. The highest BCUT2D eigenvalue weighted by atomic mass is 19.4. The van der Waals surface area contributed by atoms with E-state index in [0.29, 0.717) is 42.4 Å². The van der Waals surface area contributed by atoms with Crippen molar-refractivity contribution in [3.05, 3.63) is 111 Å². The van der Waals surface area contributed by atoms with E-state index in [-0.39, 0.29) is 46.2 Å². The highest BCUT2D eigenvalue weighted by molar-refractivity contribution is 5.89. The summed E-state index contributed by atoms with van der Waals surface area (Å²) < 4.78 is 142. The van der Waals surface area contributed by atoms with Crippen molar-refractivity contribution in [3.8, 4) is 34.9 Å². The maximum atomic E-state index is 14.8. The van der Waals surface area contributed by atoms with Gasteiger partial charge in [0, 0.05) is 28.7 Å². The van der Waals surface area contributed by atoms with E-state index in [0.717, 1.165) is 24.3 Å². The highest BCUT2D eigenvalue weighted by Gasteiger charge is 2.63. The predicted molar refractivity (Wildman–Crippen MR) is 236 cm³/mol. The highest BCUT2D eigenvalue weighted by Crippen LogP contribution is 2.48. The van der Waals surface area contributed by atoms with Gasteiger partial charge in [-0.25, -0.2) is 23.5 Å². The van der Waals surface area contributed by atoms with E-state index in [1.54, 1.807) is 47.6 Å². The molecular formula is C47H46F8N8O8. The minimum absolute atomic E-state index is 0.0371. The Bertz CT molecular complexity index is 2990.